The molecule has 8 heteroatoms. The summed E-state index contributed by atoms with van der Waals surface area (Å²) < 4.78 is 38.9. The zero-order valence-electron chi connectivity index (χ0n) is 16.1. The molecular weight excluding hydrogens is 427 g/mol. The number of carbonyl (C=O) groups is 1. The standard InChI is InChI=1S/C23H17ClF3N3O/c24-20-6-5-18(12-19(20)23(25,26)27)30-21(31)7-4-14-2-1-3-15(10-14)17-11-16-8-9-28-22(16)29-13-17/h1-3,5-6,8-13H,4,7H2,(H,28,29)(H,30,31). The Morgan fingerprint density at radius 1 is 1.06 bits per heavy atom. The fourth-order valence-corrected chi connectivity index (χ4v) is 3.53. The Hall–Kier alpha value is -3.32. The average Bonchev–Trinajstić information content (AvgIpc) is 3.21. The number of halogens is 4. The van der Waals surface area contributed by atoms with E-state index in [1.165, 1.54) is 6.07 Å². The summed E-state index contributed by atoms with van der Waals surface area (Å²) in [5.74, 6) is -0.378. The second-order valence-electron chi connectivity index (χ2n) is 7.08. The normalized spacial score (nSPS) is 11.6. The lowest BCUT2D eigenvalue weighted by Gasteiger charge is -2.12. The first-order valence-electron chi connectivity index (χ1n) is 9.49. The molecule has 4 nitrogen and oxygen atoms in total. The number of hydrogen-bond donors (Lipinski definition) is 2. The van der Waals surface area contributed by atoms with Crippen molar-refractivity contribution in [1.29, 1.82) is 0 Å². The Bertz CT molecular complexity index is 1250. The number of alkyl halides is 3. The molecule has 1 amide bonds. The van der Waals surface area contributed by atoms with Crippen LogP contribution in [0.4, 0.5) is 18.9 Å². The van der Waals surface area contributed by atoms with Gasteiger partial charge in [-0.3, -0.25) is 4.79 Å². The first-order valence-corrected chi connectivity index (χ1v) is 9.86. The smallest absolute Gasteiger partial charge is 0.346 e. The van der Waals surface area contributed by atoms with E-state index < -0.39 is 16.8 Å². The van der Waals surface area contributed by atoms with Crippen LogP contribution in [-0.2, 0) is 17.4 Å². The molecule has 4 aromatic rings. The highest BCUT2D eigenvalue weighted by Gasteiger charge is 2.33. The third-order valence-corrected chi connectivity index (χ3v) is 5.19. The number of nitrogens with zero attached hydrogens (tertiary/aromatic N) is 1. The van der Waals surface area contributed by atoms with Gasteiger partial charge in [-0.25, -0.2) is 4.98 Å². The molecule has 31 heavy (non-hydrogen) atoms. The van der Waals surface area contributed by atoms with Gasteiger partial charge in [0.15, 0.2) is 0 Å². The minimum atomic E-state index is -4.59. The third-order valence-electron chi connectivity index (χ3n) is 4.86. The summed E-state index contributed by atoms with van der Waals surface area (Å²) in [6, 6.07) is 15.0. The lowest BCUT2D eigenvalue weighted by Crippen LogP contribution is -2.14. The van der Waals surface area contributed by atoms with Gasteiger partial charge in [-0.05, 0) is 47.9 Å². The van der Waals surface area contributed by atoms with Crippen molar-refractivity contribution in [2.24, 2.45) is 0 Å². The van der Waals surface area contributed by atoms with Crippen LogP contribution < -0.4 is 5.32 Å². The van der Waals surface area contributed by atoms with Gasteiger partial charge in [0.2, 0.25) is 5.91 Å². The van der Waals surface area contributed by atoms with Gasteiger partial charge < -0.3 is 10.3 Å². The van der Waals surface area contributed by atoms with Gasteiger partial charge in [0.25, 0.3) is 0 Å². The number of nitrogens with one attached hydrogen (secondary N) is 2. The maximum absolute atomic E-state index is 13.0. The van der Waals surface area contributed by atoms with Crippen LogP contribution in [0.2, 0.25) is 5.02 Å². The number of aryl methyl sites for hydroxylation is 1. The Morgan fingerprint density at radius 3 is 2.71 bits per heavy atom. The molecule has 0 saturated heterocycles. The minimum absolute atomic E-state index is 0.0568. The van der Waals surface area contributed by atoms with Crippen LogP contribution in [0.3, 0.4) is 0 Å². The maximum atomic E-state index is 13.0. The molecule has 0 radical (unpaired) electrons. The van der Waals surface area contributed by atoms with Gasteiger partial charge in [-0.15, -0.1) is 0 Å². The summed E-state index contributed by atoms with van der Waals surface area (Å²) in [6.07, 6.45) is -0.406. The first-order chi connectivity index (χ1) is 14.8. The van der Waals surface area contributed by atoms with E-state index in [0.717, 1.165) is 39.9 Å². The van der Waals surface area contributed by atoms with Crippen molar-refractivity contribution in [3.05, 3.63) is 83.1 Å². The molecule has 0 bridgehead atoms. The van der Waals surface area contributed by atoms with E-state index in [1.54, 1.807) is 6.20 Å². The van der Waals surface area contributed by atoms with Crippen LogP contribution in [0.25, 0.3) is 22.2 Å². The second-order valence-corrected chi connectivity index (χ2v) is 7.49. The van der Waals surface area contributed by atoms with Crippen LogP contribution in [0.5, 0.6) is 0 Å². The van der Waals surface area contributed by atoms with Gasteiger partial charge in [0.05, 0.1) is 10.6 Å². The van der Waals surface area contributed by atoms with E-state index in [4.69, 9.17) is 11.6 Å². The van der Waals surface area contributed by atoms with Crippen LogP contribution in [-0.4, -0.2) is 15.9 Å². The maximum Gasteiger partial charge on any atom is 0.417 e. The van der Waals surface area contributed by atoms with Crippen molar-refractivity contribution >= 4 is 34.2 Å². The molecular formula is C23H17ClF3N3O. The van der Waals surface area contributed by atoms with E-state index in [2.05, 4.69) is 15.3 Å². The topological polar surface area (TPSA) is 57.8 Å². The molecule has 2 N–H and O–H groups in total. The molecule has 2 aromatic heterocycles. The first kappa shape index (κ1) is 20.9. The summed E-state index contributed by atoms with van der Waals surface area (Å²) in [7, 11) is 0. The monoisotopic (exact) mass is 443 g/mol. The predicted molar refractivity (Wildman–Crippen MR) is 115 cm³/mol. The van der Waals surface area contributed by atoms with E-state index in [0.29, 0.717) is 6.42 Å². The number of amides is 1. The van der Waals surface area contributed by atoms with Crippen molar-refractivity contribution in [2.75, 3.05) is 5.32 Å². The second kappa shape index (κ2) is 8.43. The lowest BCUT2D eigenvalue weighted by atomic mass is 10.0. The Labute approximate surface area is 181 Å². The lowest BCUT2D eigenvalue weighted by molar-refractivity contribution is -0.137. The highest BCUT2D eigenvalue weighted by molar-refractivity contribution is 6.31. The molecule has 0 spiro atoms. The zero-order valence-corrected chi connectivity index (χ0v) is 16.9. The highest BCUT2D eigenvalue weighted by atomic mass is 35.5. The van der Waals surface area contributed by atoms with Gasteiger partial charge in [0.1, 0.15) is 5.65 Å². The molecule has 0 unspecified atom stereocenters. The summed E-state index contributed by atoms with van der Waals surface area (Å²) >= 11 is 5.61. The molecule has 0 atom stereocenters. The van der Waals surface area contributed by atoms with Crippen LogP contribution in [0.15, 0.2) is 67.0 Å². The molecule has 0 aliphatic rings. The third kappa shape index (κ3) is 4.88. The predicted octanol–water partition coefficient (Wildman–Crippen LogP) is 6.47. The van der Waals surface area contributed by atoms with E-state index in [1.807, 2.05) is 42.6 Å². The molecule has 158 valence electrons. The molecule has 2 heterocycles. The number of anilines is 1. The number of carbonyl (C=O) groups excluding carboxylic acids is 1. The van der Waals surface area contributed by atoms with Crippen LogP contribution >= 0.6 is 11.6 Å². The van der Waals surface area contributed by atoms with Crippen molar-refractivity contribution in [1.82, 2.24) is 9.97 Å². The van der Waals surface area contributed by atoms with Gasteiger partial charge in [-0.1, -0.05) is 35.9 Å². The summed E-state index contributed by atoms with van der Waals surface area (Å²) in [4.78, 5) is 19.7. The SMILES string of the molecule is O=C(CCc1cccc(-c2cnc3[nH]ccc3c2)c1)Nc1ccc(Cl)c(C(F)(F)F)c1. The number of aromatic amines is 1. The fraction of sp³-hybridized carbons (Fsp3) is 0.130. The van der Waals surface area contributed by atoms with Gasteiger partial charge in [0, 0.05) is 35.5 Å². The molecule has 0 fully saturated rings. The fourth-order valence-electron chi connectivity index (χ4n) is 3.31. The van der Waals surface area contributed by atoms with Crippen LogP contribution in [0, 0.1) is 0 Å². The van der Waals surface area contributed by atoms with Gasteiger partial charge in [-0.2, -0.15) is 13.2 Å². The van der Waals surface area contributed by atoms with Gasteiger partial charge >= 0.3 is 6.18 Å². The van der Waals surface area contributed by atoms with E-state index in [9.17, 15) is 18.0 Å². The van der Waals surface area contributed by atoms with Crippen molar-refractivity contribution < 1.29 is 18.0 Å². The number of fused-ring (bicyclic) bond motifs is 1. The van der Waals surface area contributed by atoms with Crippen LogP contribution in [0.1, 0.15) is 17.5 Å². The quantitative estimate of drug-likeness (QED) is 0.371. The molecule has 0 saturated carbocycles. The number of benzene rings is 2. The summed E-state index contributed by atoms with van der Waals surface area (Å²) in [5.41, 5.74) is 2.76. The van der Waals surface area contributed by atoms with Crippen molar-refractivity contribution in [3.8, 4) is 11.1 Å². The van der Waals surface area contributed by atoms with Crippen molar-refractivity contribution in [2.45, 2.75) is 19.0 Å². The highest BCUT2D eigenvalue weighted by Crippen LogP contribution is 2.36. The largest absolute Gasteiger partial charge is 0.417 e. The number of rotatable bonds is 5. The number of pyridine rings is 1. The minimum Gasteiger partial charge on any atom is -0.346 e. The number of hydrogen-bond acceptors (Lipinski definition) is 2. The summed E-state index contributed by atoms with van der Waals surface area (Å²) in [5, 5.41) is 3.10. The Kier molecular flexibility index (Phi) is 5.69. The summed E-state index contributed by atoms with van der Waals surface area (Å²) in [6.45, 7) is 0. The molecule has 0 aliphatic heterocycles. The van der Waals surface area contributed by atoms with E-state index in [-0.39, 0.29) is 18.0 Å². The van der Waals surface area contributed by atoms with Crippen molar-refractivity contribution in [3.63, 3.8) is 0 Å². The molecule has 0 aliphatic carbocycles. The average molecular weight is 444 g/mol. The molecule has 2 aromatic carbocycles. The van der Waals surface area contributed by atoms with E-state index >= 15 is 0 Å². The zero-order chi connectivity index (χ0) is 22.0. The molecule has 4 rings (SSSR count). The Balaban J connectivity index is 1.42. The number of aromatic nitrogens is 2. The number of H-pyrrole nitrogens is 1. The Morgan fingerprint density at radius 2 is 1.90 bits per heavy atom.